The van der Waals surface area contributed by atoms with Crippen molar-refractivity contribution in [2.75, 3.05) is 6.54 Å². The van der Waals surface area contributed by atoms with Crippen LogP contribution < -0.4 is 0 Å². The molecule has 1 aromatic heterocycles. The number of fused-ring (bicyclic) bond motifs is 2. The van der Waals surface area contributed by atoms with Crippen molar-refractivity contribution in [2.45, 2.75) is 58.9 Å². The van der Waals surface area contributed by atoms with Gasteiger partial charge in [0.05, 0.1) is 5.69 Å². The maximum atomic E-state index is 11.8. The fourth-order valence-corrected chi connectivity index (χ4v) is 7.15. The van der Waals surface area contributed by atoms with Gasteiger partial charge in [0.15, 0.2) is 0 Å². The number of aryl methyl sites for hydroxylation is 1. The van der Waals surface area contributed by atoms with Gasteiger partial charge >= 0.3 is 0 Å². The molecule has 1 aliphatic heterocycles. The van der Waals surface area contributed by atoms with Crippen LogP contribution in [0.25, 0.3) is 10.6 Å². The molecule has 3 unspecified atom stereocenters. The lowest BCUT2D eigenvalue weighted by Gasteiger charge is -2.46. The van der Waals surface area contributed by atoms with Gasteiger partial charge in [-0.15, -0.1) is 11.3 Å². The Hall–Kier alpha value is -1.68. The number of thiazole rings is 1. The number of carbonyl (C=O) groups is 1. The Morgan fingerprint density at radius 2 is 2.00 bits per heavy atom. The molecule has 1 amide bonds. The van der Waals surface area contributed by atoms with E-state index in [1.807, 2.05) is 17.4 Å². The van der Waals surface area contributed by atoms with Gasteiger partial charge in [-0.2, -0.15) is 0 Å². The third-order valence-corrected chi connectivity index (χ3v) is 7.53. The third kappa shape index (κ3) is 2.79. The molecular weight excluding hydrogens is 340 g/mol. The number of likely N-dealkylation sites (tertiary alicyclic amines) is 1. The number of nitrogens with zero attached hydrogens (tertiary/aromatic N) is 2. The van der Waals surface area contributed by atoms with Gasteiger partial charge < -0.3 is 4.90 Å². The SMILES string of the molecule is CCc1nc(-c2ccccc2)sc1C1C2CC(C)(CN2C=O)CC1(C)C. The molecule has 1 aliphatic carbocycles. The fourth-order valence-electron chi connectivity index (χ4n) is 5.62. The summed E-state index contributed by atoms with van der Waals surface area (Å²) in [6, 6.07) is 10.8. The average molecular weight is 369 g/mol. The highest BCUT2D eigenvalue weighted by Gasteiger charge is 2.56. The largest absolute Gasteiger partial charge is 0.341 e. The standard InChI is InChI=1S/C22H28N2OS/c1-5-16-19(26-20(23-16)15-9-7-6-8-10-15)18-17-11-22(4,12-21(18,2)3)13-24(17)14-25/h6-10,14,17-18H,5,11-13H2,1-4H3. The molecule has 0 spiro atoms. The Morgan fingerprint density at radius 3 is 2.65 bits per heavy atom. The van der Waals surface area contributed by atoms with Crippen molar-refractivity contribution >= 4 is 17.7 Å². The molecule has 138 valence electrons. The topological polar surface area (TPSA) is 33.2 Å². The van der Waals surface area contributed by atoms with Gasteiger partial charge in [0.25, 0.3) is 0 Å². The van der Waals surface area contributed by atoms with Crippen molar-refractivity contribution in [3.63, 3.8) is 0 Å². The third-order valence-electron chi connectivity index (χ3n) is 6.30. The molecule has 2 bridgehead atoms. The lowest BCUT2D eigenvalue weighted by Crippen LogP contribution is -2.42. The van der Waals surface area contributed by atoms with E-state index in [1.54, 1.807) is 0 Å². The van der Waals surface area contributed by atoms with E-state index in [-0.39, 0.29) is 10.8 Å². The summed E-state index contributed by atoms with van der Waals surface area (Å²) in [5.74, 6) is 0.369. The second-order valence-electron chi connectivity index (χ2n) is 9.05. The molecule has 2 aromatic rings. The van der Waals surface area contributed by atoms with Crippen molar-refractivity contribution in [1.82, 2.24) is 9.88 Å². The number of hydrogen-bond donors (Lipinski definition) is 0. The molecule has 4 rings (SSSR count). The molecule has 3 nitrogen and oxygen atoms in total. The van der Waals surface area contributed by atoms with Crippen LogP contribution in [0.15, 0.2) is 30.3 Å². The summed E-state index contributed by atoms with van der Waals surface area (Å²) in [5.41, 5.74) is 2.83. The normalized spacial score (nSPS) is 29.8. The molecule has 2 aliphatic rings. The van der Waals surface area contributed by atoms with Gasteiger partial charge in [-0.1, -0.05) is 58.0 Å². The monoisotopic (exact) mass is 368 g/mol. The van der Waals surface area contributed by atoms with E-state index in [2.05, 4.69) is 56.9 Å². The van der Waals surface area contributed by atoms with Crippen LogP contribution in [-0.4, -0.2) is 28.9 Å². The second-order valence-corrected chi connectivity index (χ2v) is 10.1. The number of aromatic nitrogens is 1. The molecule has 3 atom stereocenters. The summed E-state index contributed by atoms with van der Waals surface area (Å²) in [5, 5.41) is 1.11. The number of benzene rings is 1. The molecular formula is C22H28N2OS. The van der Waals surface area contributed by atoms with E-state index in [4.69, 9.17) is 4.98 Å². The zero-order chi connectivity index (χ0) is 18.5. The first-order chi connectivity index (χ1) is 12.4. The van der Waals surface area contributed by atoms with Crippen LogP contribution in [0.1, 0.15) is 57.0 Å². The van der Waals surface area contributed by atoms with E-state index >= 15 is 0 Å². The van der Waals surface area contributed by atoms with Crippen LogP contribution in [0.3, 0.4) is 0 Å². The van der Waals surface area contributed by atoms with Gasteiger partial charge in [0, 0.05) is 28.9 Å². The summed E-state index contributed by atoms with van der Waals surface area (Å²) < 4.78 is 0. The summed E-state index contributed by atoms with van der Waals surface area (Å²) in [6.45, 7) is 10.2. The van der Waals surface area contributed by atoms with Gasteiger partial charge in [0.2, 0.25) is 6.41 Å². The predicted octanol–water partition coefficient (Wildman–Crippen LogP) is 5.12. The lowest BCUT2D eigenvalue weighted by atomic mass is 9.59. The van der Waals surface area contributed by atoms with Crippen LogP contribution in [0, 0.1) is 10.8 Å². The molecule has 0 radical (unpaired) electrons. The smallest absolute Gasteiger partial charge is 0.209 e. The Balaban J connectivity index is 1.80. The molecule has 1 saturated heterocycles. The summed E-state index contributed by atoms with van der Waals surface area (Å²) in [6.07, 6.45) is 4.29. The minimum atomic E-state index is 0.167. The van der Waals surface area contributed by atoms with Gasteiger partial charge in [-0.05, 0) is 30.1 Å². The summed E-state index contributed by atoms with van der Waals surface area (Å²) >= 11 is 1.84. The van der Waals surface area contributed by atoms with E-state index in [9.17, 15) is 4.79 Å². The zero-order valence-corrected chi connectivity index (χ0v) is 17.0. The lowest BCUT2D eigenvalue weighted by molar-refractivity contribution is -0.119. The highest BCUT2D eigenvalue weighted by molar-refractivity contribution is 7.15. The number of amides is 1. The fraction of sp³-hybridized carbons (Fsp3) is 0.545. The summed E-state index contributed by atoms with van der Waals surface area (Å²) in [4.78, 5) is 20.2. The van der Waals surface area contributed by atoms with Crippen LogP contribution in [0.5, 0.6) is 0 Å². The van der Waals surface area contributed by atoms with Crippen molar-refractivity contribution in [3.05, 3.63) is 40.9 Å². The van der Waals surface area contributed by atoms with E-state index < -0.39 is 0 Å². The minimum Gasteiger partial charge on any atom is -0.341 e. The molecule has 26 heavy (non-hydrogen) atoms. The maximum Gasteiger partial charge on any atom is 0.209 e. The molecule has 4 heteroatoms. The highest BCUT2D eigenvalue weighted by Crippen LogP contribution is 2.60. The van der Waals surface area contributed by atoms with Crippen molar-refractivity contribution in [3.8, 4) is 10.6 Å². The Bertz CT molecular complexity index is 813. The van der Waals surface area contributed by atoms with Crippen LogP contribution in [0.4, 0.5) is 0 Å². The van der Waals surface area contributed by atoms with Crippen LogP contribution >= 0.6 is 11.3 Å². The first kappa shape index (κ1) is 17.7. The number of carbonyl (C=O) groups excluding carboxylic acids is 1. The Kier molecular flexibility index (Phi) is 4.22. The molecule has 1 saturated carbocycles. The zero-order valence-electron chi connectivity index (χ0n) is 16.2. The molecule has 2 heterocycles. The van der Waals surface area contributed by atoms with Gasteiger partial charge in [-0.25, -0.2) is 4.98 Å². The number of rotatable bonds is 4. The number of hydrogen-bond acceptors (Lipinski definition) is 3. The van der Waals surface area contributed by atoms with Crippen molar-refractivity contribution in [1.29, 1.82) is 0 Å². The minimum absolute atomic E-state index is 0.167. The van der Waals surface area contributed by atoms with Crippen molar-refractivity contribution in [2.24, 2.45) is 10.8 Å². The van der Waals surface area contributed by atoms with Crippen molar-refractivity contribution < 1.29 is 4.79 Å². The summed E-state index contributed by atoms with van der Waals surface area (Å²) in [7, 11) is 0. The van der Waals surface area contributed by atoms with Gasteiger partial charge in [0.1, 0.15) is 5.01 Å². The van der Waals surface area contributed by atoms with E-state index in [0.29, 0.717) is 12.0 Å². The Labute approximate surface area is 160 Å². The predicted molar refractivity (Wildman–Crippen MR) is 107 cm³/mol. The Morgan fingerprint density at radius 1 is 1.27 bits per heavy atom. The quantitative estimate of drug-likeness (QED) is 0.702. The molecule has 1 aromatic carbocycles. The van der Waals surface area contributed by atoms with Crippen LogP contribution in [0.2, 0.25) is 0 Å². The second kappa shape index (κ2) is 6.19. The average Bonchev–Trinajstić information content (AvgIpc) is 3.14. The van der Waals surface area contributed by atoms with Gasteiger partial charge in [-0.3, -0.25) is 4.79 Å². The first-order valence-electron chi connectivity index (χ1n) is 9.63. The van der Waals surface area contributed by atoms with E-state index in [0.717, 1.165) is 37.2 Å². The molecule has 2 fully saturated rings. The highest BCUT2D eigenvalue weighted by atomic mass is 32.1. The van der Waals surface area contributed by atoms with E-state index in [1.165, 1.54) is 16.1 Å². The van der Waals surface area contributed by atoms with Crippen LogP contribution in [-0.2, 0) is 11.2 Å². The first-order valence-corrected chi connectivity index (χ1v) is 10.4. The molecule has 0 N–H and O–H groups in total. The maximum absolute atomic E-state index is 11.8.